The van der Waals surface area contributed by atoms with E-state index in [9.17, 15) is 0 Å². The molecule has 6 heteroatoms. The van der Waals surface area contributed by atoms with Gasteiger partial charge in [0.25, 0.3) is 0 Å². The van der Waals surface area contributed by atoms with Gasteiger partial charge in [0.05, 0.1) is 12.2 Å². The molecule has 2 N–H and O–H groups in total. The number of hydrogen-bond acceptors (Lipinski definition) is 2. The highest BCUT2D eigenvalue weighted by Crippen LogP contribution is 2.17. The topological polar surface area (TPSA) is 54.2 Å². The van der Waals surface area contributed by atoms with Crippen LogP contribution in [0.4, 0.5) is 0 Å². The molecule has 0 saturated heterocycles. The van der Waals surface area contributed by atoms with E-state index < -0.39 is 0 Å². The summed E-state index contributed by atoms with van der Waals surface area (Å²) in [5.74, 6) is 1.62. The third-order valence-corrected chi connectivity index (χ3v) is 4.33. The van der Waals surface area contributed by atoms with Crippen molar-refractivity contribution in [1.29, 1.82) is 0 Å². The van der Waals surface area contributed by atoms with Gasteiger partial charge in [0.1, 0.15) is 0 Å². The second-order valence-corrected chi connectivity index (χ2v) is 6.00. The minimum absolute atomic E-state index is 0. The van der Waals surface area contributed by atoms with E-state index in [1.165, 1.54) is 30.5 Å². The molecule has 0 fully saturated rings. The van der Waals surface area contributed by atoms with Gasteiger partial charge in [-0.05, 0) is 46.0 Å². The summed E-state index contributed by atoms with van der Waals surface area (Å²) in [5, 5.41) is 11.3. The predicted octanol–water partition coefficient (Wildman–Crippen LogP) is 3.07. The molecule has 5 nitrogen and oxygen atoms in total. The lowest BCUT2D eigenvalue weighted by atomic mass is 9.94. The Morgan fingerprint density at radius 3 is 2.70 bits per heavy atom. The van der Waals surface area contributed by atoms with E-state index in [0.29, 0.717) is 6.54 Å². The van der Waals surface area contributed by atoms with E-state index in [-0.39, 0.29) is 24.0 Å². The van der Waals surface area contributed by atoms with Crippen LogP contribution in [0, 0.1) is 19.8 Å². The van der Waals surface area contributed by atoms with Gasteiger partial charge in [0.15, 0.2) is 5.96 Å². The summed E-state index contributed by atoms with van der Waals surface area (Å²) in [4.78, 5) is 4.73. The van der Waals surface area contributed by atoms with Crippen molar-refractivity contribution >= 4 is 29.9 Å². The number of aliphatic imine (C=N–C) groups is 1. The summed E-state index contributed by atoms with van der Waals surface area (Å²) in [6, 6.07) is 0. The Morgan fingerprint density at radius 1 is 1.35 bits per heavy atom. The van der Waals surface area contributed by atoms with Crippen molar-refractivity contribution in [2.45, 2.75) is 46.6 Å². The van der Waals surface area contributed by atoms with Crippen LogP contribution in [0.2, 0.25) is 0 Å². The van der Waals surface area contributed by atoms with Gasteiger partial charge in [-0.25, -0.2) is 4.99 Å². The number of aromatic nitrogens is 2. The lowest BCUT2D eigenvalue weighted by Gasteiger charge is -2.20. The molecule has 0 saturated carbocycles. The molecule has 130 valence electrons. The molecule has 2 rings (SSSR count). The number of hydrogen-bond donors (Lipinski definition) is 2. The van der Waals surface area contributed by atoms with E-state index in [0.717, 1.165) is 30.7 Å². The van der Waals surface area contributed by atoms with Crippen molar-refractivity contribution in [2.24, 2.45) is 18.0 Å². The molecule has 0 aliphatic heterocycles. The van der Waals surface area contributed by atoms with Crippen LogP contribution in [-0.2, 0) is 13.6 Å². The normalized spacial score (nSPS) is 17.7. The molecule has 1 atom stereocenters. The van der Waals surface area contributed by atoms with Crippen LogP contribution < -0.4 is 10.6 Å². The number of halogens is 1. The number of rotatable bonds is 5. The minimum Gasteiger partial charge on any atom is -0.357 e. The maximum Gasteiger partial charge on any atom is 0.191 e. The van der Waals surface area contributed by atoms with Crippen LogP contribution >= 0.6 is 24.0 Å². The molecule has 0 bridgehead atoms. The zero-order valence-electron chi connectivity index (χ0n) is 14.7. The molecule has 23 heavy (non-hydrogen) atoms. The molecule has 1 aromatic heterocycles. The second-order valence-electron chi connectivity index (χ2n) is 6.00. The van der Waals surface area contributed by atoms with Gasteiger partial charge in [0.2, 0.25) is 0 Å². The van der Waals surface area contributed by atoms with Crippen LogP contribution in [0.25, 0.3) is 0 Å². The van der Waals surface area contributed by atoms with Crippen molar-refractivity contribution in [3.63, 3.8) is 0 Å². The van der Waals surface area contributed by atoms with Crippen molar-refractivity contribution in [2.75, 3.05) is 13.1 Å². The molecule has 1 unspecified atom stereocenters. The SMILES string of the molecule is CCNC(=NCc1c(C)nn(C)c1C)NCC1CC=CCC1.I. The van der Waals surface area contributed by atoms with E-state index in [1.807, 2.05) is 18.7 Å². The first-order chi connectivity index (χ1) is 10.6. The van der Waals surface area contributed by atoms with Gasteiger partial charge in [-0.3, -0.25) is 4.68 Å². The Hall–Kier alpha value is -1.05. The molecule has 1 aliphatic rings. The number of nitrogens with zero attached hydrogens (tertiary/aromatic N) is 3. The Bertz CT molecular complexity index is 547. The largest absolute Gasteiger partial charge is 0.357 e. The lowest BCUT2D eigenvalue weighted by Crippen LogP contribution is -2.40. The first kappa shape index (κ1) is 20.0. The fourth-order valence-corrected chi connectivity index (χ4v) is 2.83. The first-order valence-electron chi connectivity index (χ1n) is 8.28. The van der Waals surface area contributed by atoms with Gasteiger partial charge in [-0.2, -0.15) is 5.10 Å². The number of guanidine groups is 1. The van der Waals surface area contributed by atoms with Crippen molar-refractivity contribution in [3.8, 4) is 0 Å². The van der Waals surface area contributed by atoms with Gasteiger partial charge < -0.3 is 10.6 Å². The van der Waals surface area contributed by atoms with Crippen LogP contribution in [0.3, 0.4) is 0 Å². The second kappa shape index (κ2) is 9.95. The fourth-order valence-electron chi connectivity index (χ4n) is 2.83. The maximum absolute atomic E-state index is 4.73. The molecular weight excluding hydrogens is 401 g/mol. The van der Waals surface area contributed by atoms with Gasteiger partial charge in [-0.1, -0.05) is 12.2 Å². The van der Waals surface area contributed by atoms with Gasteiger partial charge in [0, 0.05) is 31.4 Å². The quantitative estimate of drug-likeness (QED) is 0.326. The average Bonchev–Trinajstić information content (AvgIpc) is 2.76. The van der Waals surface area contributed by atoms with Gasteiger partial charge in [-0.15, -0.1) is 24.0 Å². The average molecular weight is 431 g/mol. The van der Waals surface area contributed by atoms with E-state index in [1.54, 1.807) is 0 Å². The van der Waals surface area contributed by atoms with E-state index in [4.69, 9.17) is 4.99 Å². The maximum atomic E-state index is 4.73. The van der Waals surface area contributed by atoms with Crippen molar-refractivity contribution < 1.29 is 0 Å². The van der Waals surface area contributed by atoms with Crippen molar-refractivity contribution in [1.82, 2.24) is 20.4 Å². The van der Waals surface area contributed by atoms with Crippen LogP contribution in [0.15, 0.2) is 17.1 Å². The molecule has 0 radical (unpaired) electrons. The summed E-state index contributed by atoms with van der Waals surface area (Å²) < 4.78 is 1.93. The first-order valence-corrected chi connectivity index (χ1v) is 8.28. The smallest absolute Gasteiger partial charge is 0.191 e. The Kier molecular flexibility index (Phi) is 8.65. The lowest BCUT2D eigenvalue weighted by molar-refractivity contribution is 0.469. The summed E-state index contributed by atoms with van der Waals surface area (Å²) in [7, 11) is 1.98. The highest BCUT2D eigenvalue weighted by molar-refractivity contribution is 14.0. The number of nitrogens with one attached hydrogen (secondary N) is 2. The third kappa shape index (κ3) is 5.82. The van der Waals surface area contributed by atoms with E-state index in [2.05, 4.69) is 41.7 Å². The zero-order valence-corrected chi connectivity index (χ0v) is 17.1. The Balaban J connectivity index is 0.00000264. The highest BCUT2D eigenvalue weighted by atomic mass is 127. The molecule has 1 heterocycles. The number of allylic oxidation sites excluding steroid dienone is 2. The van der Waals surface area contributed by atoms with Gasteiger partial charge >= 0.3 is 0 Å². The monoisotopic (exact) mass is 431 g/mol. The Morgan fingerprint density at radius 2 is 2.13 bits per heavy atom. The minimum atomic E-state index is 0. The zero-order chi connectivity index (χ0) is 15.9. The molecule has 0 aromatic carbocycles. The molecule has 1 aromatic rings. The molecular formula is C17H30IN5. The predicted molar refractivity (Wildman–Crippen MR) is 107 cm³/mol. The summed E-state index contributed by atoms with van der Waals surface area (Å²) in [5.41, 5.74) is 3.48. The fraction of sp³-hybridized carbons (Fsp3) is 0.647. The summed E-state index contributed by atoms with van der Waals surface area (Å²) in [6.07, 6.45) is 8.22. The van der Waals surface area contributed by atoms with E-state index >= 15 is 0 Å². The van der Waals surface area contributed by atoms with Crippen LogP contribution in [-0.4, -0.2) is 28.8 Å². The molecule has 0 amide bonds. The van der Waals surface area contributed by atoms with Crippen LogP contribution in [0.1, 0.15) is 43.1 Å². The molecule has 1 aliphatic carbocycles. The standard InChI is InChI=1S/C17H29N5.HI/c1-5-18-17(19-11-15-9-7-6-8-10-15)20-12-16-13(2)21-22(4)14(16)3;/h6-7,15H,5,8-12H2,1-4H3,(H2,18,19,20);1H. The third-order valence-electron chi connectivity index (χ3n) is 4.33. The molecule has 0 spiro atoms. The van der Waals surface area contributed by atoms with Crippen LogP contribution in [0.5, 0.6) is 0 Å². The summed E-state index contributed by atoms with van der Waals surface area (Å²) in [6.45, 7) is 8.78. The highest BCUT2D eigenvalue weighted by Gasteiger charge is 2.11. The number of aryl methyl sites for hydroxylation is 2. The summed E-state index contributed by atoms with van der Waals surface area (Å²) >= 11 is 0. The Labute approximate surface area is 157 Å². The van der Waals surface area contributed by atoms with Crippen molar-refractivity contribution in [3.05, 3.63) is 29.1 Å².